The van der Waals surface area contributed by atoms with Crippen molar-refractivity contribution in [3.63, 3.8) is 0 Å². The van der Waals surface area contributed by atoms with Gasteiger partial charge in [0.25, 0.3) is 0 Å². The van der Waals surface area contributed by atoms with Crippen molar-refractivity contribution in [1.82, 2.24) is 5.32 Å². The lowest BCUT2D eigenvalue weighted by Gasteiger charge is -2.34. The van der Waals surface area contributed by atoms with Gasteiger partial charge in [0, 0.05) is 35.8 Å². The van der Waals surface area contributed by atoms with Crippen molar-refractivity contribution in [1.29, 1.82) is 0 Å². The molecule has 0 atom stereocenters. The topological polar surface area (TPSA) is 15.3 Å². The van der Waals surface area contributed by atoms with Gasteiger partial charge in [-0.2, -0.15) is 0 Å². The van der Waals surface area contributed by atoms with Crippen LogP contribution in [0.5, 0.6) is 0 Å². The zero-order valence-electron chi connectivity index (χ0n) is 13.0. The van der Waals surface area contributed by atoms with Gasteiger partial charge >= 0.3 is 0 Å². The molecule has 0 bridgehead atoms. The minimum Gasteiger partial charge on any atom is -0.371 e. The maximum absolute atomic E-state index is 3.60. The van der Waals surface area contributed by atoms with E-state index in [0.29, 0.717) is 6.04 Å². The smallest absolute Gasteiger partial charge is 0.0412 e. The van der Waals surface area contributed by atoms with Crippen LogP contribution in [0.4, 0.5) is 5.69 Å². The highest BCUT2D eigenvalue weighted by Gasteiger charge is 2.19. The molecule has 0 amide bonds. The number of hydrogen-bond donors (Lipinski definition) is 1. The molecule has 0 saturated carbocycles. The van der Waals surface area contributed by atoms with Gasteiger partial charge in [0.05, 0.1) is 0 Å². The second-order valence-electron chi connectivity index (χ2n) is 6.15. The molecule has 1 fully saturated rings. The number of halogens is 1. The highest BCUT2D eigenvalue weighted by atomic mass is 79.9. The van der Waals surface area contributed by atoms with Crippen molar-refractivity contribution in [3.8, 4) is 0 Å². The van der Waals surface area contributed by atoms with Crippen LogP contribution in [0, 0.1) is 5.92 Å². The number of rotatable bonds is 5. The molecule has 112 valence electrons. The Morgan fingerprint density at radius 2 is 2.00 bits per heavy atom. The lowest BCUT2D eigenvalue weighted by atomic mass is 9.94. The summed E-state index contributed by atoms with van der Waals surface area (Å²) in [7, 11) is 0. The highest BCUT2D eigenvalue weighted by Crippen LogP contribution is 2.29. The summed E-state index contributed by atoms with van der Waals surface area (Å²) in [5.74, 6) is 0.930. The maximum atomic E-state index is 3.60. The van der Waals surface area contributed by atoms with Crippen molar-refractivity contribution in [2.24, 2.45) is 5.92 Å². The van der Waals surface area contributed by atoms with E-state index >= 15 is 0 Å². The normalized spacial score (nSPS) is 16.9. The van der Waals surface area contributed by atoms with Crippen LogP contribution < -0.4 is 10.2 Å². The van der Waals surface area contributed by atoms with Gasteiger partial charge in [0.2, 0.25) is 0 Å². The number of nitrogens with one attached hydrogen (secondary N) is 1. The van der Waals surface area contributed by atoms with E-state index in [1.165, 1.54) is 48.1 Å². The maximum Gasteiger partial charge on any atom is 0.0412 e. The summed E-state index contributed by atoms with van der Waals surface area (Å²) in [6.45, 7) is 10.1. The first-order valence-corrected chi connectivity index (χ1v) is 8.66. The van der Waals surface area contributed by atoms with E-state index in [1.54, 1.807) is 0 Å². The van der Waals surface area contributed by atoms with E-state index < -0.39 is 0 Å². The first kappa shape index (κ1) is 15.8. The van der Waals surface area contributed by atoms with Gasteiger partial charge in [-0.05, 0) is 42.5 Å². The first-order valence-electron chi connectivity index (χ1n) is 7.87. The molecule has 1 aliphatic heterocycles. The van der Waals surface area contributed by atoms with Gasteiger partial charge in [-0.3, -0.25) is 0 Å². The minimum atomic E-state index is 0.521. The van der Waals surface area contributed by atoms with Crippen LogP contribution >= 0.6 is 15.9 Å². The summed E-state index contributed by atoms with van der Waals surface area (Å²) in [5, 5.41) is 3.54. The van der Waals surface area contributed by atoms with E-state index in [9.17, 15) is 0 Å². The van der Waals surface area contributed by atoms with Gasteiger partial charge in [0.1, 0.15) is 0 Å². The van der Waals surface area contributed by atoms with Gasteiger partial charge in [-0.15, -0.1) is 0 Å². The van der Waals surface area contributed by atoms with Crippen molar-refractivity contribution < 1.29 is 0 Å². The number of hydrogen-bond acceptors (Lipinski definition) is 2. The molecule has 1 aromatic rings. The molecule has 1 heterocycles. The Kier molecular flexibility index (Phi) is 5.91. The molecule has 20 heavy (non-hydrogen) atoms. The Morgan fingerprint density at radius 1 is 1.30 bits per heavy atom. The predicted molar refractivity (Wildman–Crippen MR) is 91.3 cm³/mol. The molecule has 2 nitrogen and oxygen atoms in total. The fraction of sp³-hybridized carbons (Fsp3) is 0.647. The molecule has 0 aromatic heterocycles. The summed E-state index contributed by atoms with van der Waals surface area (Å²) in [6, 6.07) is 7.22. The molecule has 0 radical (unpaired) electrons. The summed E-state index contributed by atoms with van der Waals surface area (Å²) in [5.41, 5.74) is 2.82. The molecule has 1 saturated heterocycles. The average molecular weight is 339 g/mol. The monoisotopic (exact) mass is 338 g/mol. The van der Waals surface area contributed by atoms with Gasteiger partial charge in [0.15, 0.2) is 0 Å². The van der Waals surface area contributed by atoms with Crippen molar-refractivity contribution in [2.45, 2.75) is 52.6 Å². The lowest BCUT2D eigenvalue weighted by Crippen LogP contribution is -2.34. The molecule has 1 aliphatic rings. The number of benzene rings is 1. The van der Waals surface area contributed by atoms with Crippen LogP contribution in [-0.2, 0) is 6.54 Å². The van der Waals surface area contributed by atoms with E-state index in [2.05, 4.69) is 65.1 Å². The number of anilines is 1. The predicted octanol–water partition coefficient (Wildman–Crippen LogP) is 4.57. The van der Waals surface area contributed by atoms with Crippen molar-refractivity contribution >= 4 is 21.6 Å². The van der Waals surface area contributed by atoms with Gasteiger partial charge in [-0.25, -0.2) is 0 Å². The van der Waals surface area contributed by atoms with Crippen molar-refractivity contribution in [2.75, 3.05) is 18.0 Å². The second-order valence-corrected chi connectivity index (χ2v) is 7.06. The molecule has 0 aliphatic carbocycles. The van der Waals surface area contributed by atoms with Gasteiger partial charge < -0.3 is 10.2 Å². The number of nitrogens with zero attached hydrogens (tertiary/aromatic N) is 1. The first-order chi connectivity index (χ1) is 9.60. The van der Waals surface area contributed by atoms with Crippen LogP contribution in [0.3, 0.4) is 0 Å². The largest absolute Gasteiger partial charge is 0.371 e. The molecule has 2 rings (SSSR count). The third kappa shape index (κ3) is 4.23. The zero-order chi connectivity index (χ0) is 14.5. The quantitative estimate of drug-likeness (QED) is 0.845. The summed E-state index contributed by atoms with van der Waals surface area (Å²) >= 11 is 3.60. The Hall–Kier alpha value is -0.540. The van der Waals surface area contributed by atoms with Crippen LogP contribution in [0.1, 0.15) is 45.6 Å². The molecule has 0 spiro atoms. The standard InChI is InChI=1S/C17H27BrN2/c1-4-14-7-9-20(10-8-14)17-6-5-16(18)11-15(17)12-19-13(2)3/h5-6,11,13-14,19H,4,7-10,12H2,1-3H3. The molecular weight excluding hydrogens is 312 g/mol. The van der Waals surface area contributed by atoms with Crippen LogP contribution in [0.15, 0.2) is 22.7 Å². The second kappa shape index (κ2) is 7.46. The molecule has 3 heteroatoms. The molecular formula is C17H27BrN2. The third-order valence-electron chi connectivity index (χ3n) is 4.27. The average Bonchev–Trinajstić information content (AvgIpc) is 2.45. The van der Waals surface area contributed by atoms with Crippen LogP contribution in [-0.4, -0.2) is 19.1 Å². The lowest BCUT2D eigenvalue weighted by molar-refractivity contribution is 0.394. The minimum absolute atomic E-state index is 0.521. The zero-order valence-corrected chi connectivity index (χ0v) is 14.5. The summed E-state index contributed by atoms with van der Waals surface area (Å²) in [6.07, 6.45) is 4.00. The Labute approximate surface area is 132 Å². The van der Waals surface area contributed by atoms with Gasteiger partial charge in [-0.1, -0.05) is 43.1 Å². The Bertz CT molecular complexity index is 423. The van der Waals surface area contributed by atoms with Crippen molar-refractivity contribution in [3.05, 3.63) is 28.2 Å². The highest BCUT2D eigenvalue weighted by molar-refractivity contribution is 9.10. The third-order valence-corrected chi connectivity index (χ3v) is 4.77. The summed E-state index contributed by atoms with van der Waals surface area (Å²) in [4.78, 5) is 2.57. The summed E-state index contributed by atoms with van der Waals surface area (Å²) < 4.78 is 1.17. The fourth-order valence-corrected chi connectivity index (χ4v) is 3.31. The van der Waals surface area contributed by atoms with E-state index in [0.717, 1.165) is 12.5 Å². The van der Waals surface area contributed by atoms with Crippen LogP contribution in [0.25, 0.3) is 0 Å². The Morgan fingerprint density at radius 3 is 2.60 bits per heavy atom. The fourth-order valence-electron chi connectivity index (χ4n) is 2.90. The SMILES string of the molecule is CCC1CCN(c2ccc(Br)cc2CNC(C)C)CC1. The number of piperidine rings is 1. The molecule has 0 unspecified atom stereocenters. The molecule has 1 N–H and O–H groups in total. The van der Waals surface area contributed by atoms with E-state index in [4.69, 9.17) is 0 Å². The Balaban J connectivity index is 2.10. The van der Waals surface area contributed by atoms with E-state index in [-0.39, 0.29) is 0 Å². The molecule has 1 aromatic carbocycles. The van der Waals surface area contributed by atoms with Crippen LogP contribution in [0.2, 0.25) is 0 Å². The van der Waals surface area contributed by atoms with E-state index in [1.807, 2.05) is 0 Å².